The third-order valence-electron chi connectivity index (χ3n) is 4.98. The summed E-state index contributed by atoms with van der Waals surface area (Å²) in [6.07, 6.45) is 2.05. The van der Waals surface area contributed by atoms with Crippen LogP contribution in [0.3, 0.4) is 0 Å². The molecule has 0 radical (unpaired) electrons. The molecule has 1 aliphatic heterocycles. The van der Waals surface area contributed by atoms with Gasteiger partial charge in [-0.05, 0) is 57.4 Å². The van der Waals surface area contributed by atoms with Gasteiger partial charge in [0.25, 0.3) is 0 Å². The molecule has 0 spiro atoms. The molecule has 0 aliphatic carbocycles. The van der Waals surface area contributed by atoms with Crippen LogP contribution in [0.1, 0.15) is 37.8 Å². The van der Waals surface area contributed by atoms with Crippen LogP contribution in [0, 0.1) is 19.3 Å². The minimum absolute atomic E-state index is 0.0240. The van der Waals surface area contributed by atoms with E-state index in [1.54, 1.807) is 0 Å². The molecule has 1 aromatic carbocycles. The Morgan fingerprint density at radius 3 is 2.86 bits per heavy atom. The Balaban J connectivity index is 2.04. The van der Waals surface area contributed by atoms with Crippen molar-refractivity contribution in [2.24, 2.45) is 5.41 Å². The first-order valence-electron chi connectivity index (χ1n) is 8.08. The lowest BCUT2D eigenvalue weighted by Gasteiger charge is -2.41. The predicted molar refractivity (Wildman–Crippen MR) is 90.0 cm³/mol. The summed E-state index contributed by atoms with van der Waals surface area (Å²) in [7, 11) is 0. The molecular weight excluding hydrogens is 276 g/mol. The number of hydrogen-bond acceptors (Lipinski definition) is 3. The molecule has 22 heavy (non-hydrogen) atoms. The van der Waals surface area contributed by atoms with Crippen molar-refractivity contribution in [2.75, 3.05) is 25.0 Å². The standard InChI is InChI=1S/C18H28N2O2/c1-13-7-5-8-16(14(13)2)19-17(22)15(3)20-10-6-9-18(4,11-20)12-21/h5,7-8,15,21H,6,9-12H2,1-4H3,(H,19,22). The summed E-state index contributed by atoms with van der Waals surface area (Å²) in [6.45, 7) is 9.97. The minimum Gasteiger partial charge on any atom is -0.396 e. The van der Waals surface area contributed by atoms with E-state index in [-0.39, 0.29) is 24.0 Å². The Labute approximate surface area is 133 Å². The fraction of sp³-hybridized carbons (Fsp3) is 0.611. The van der Waals surface area contributed by atoms with Crippen LogP contribution >= 0.6 is 0 Å². The van der Waals surface area contributed by atoms with Crippen LogP contribution in [0.2, 0.25) is 0 Å². The Morgan fingerprint density at radius 2 is 2.18 bits per heavy atom. The summed E-state index contributed by atoms with van der Waals surface area (Å²) in [5, 5.41) is 12.6. The fourth-order valence-corrected chi connectivity index (χ4v) is 3.11. The van der Waals surface area contributed by atoms with Crippen molar-refractivity contribution in [1.29, 1.82) is 0 Å². The number of benzene rings is 1. The smallest absolute Gasteiger partial charge is 0.241 e. The number of hydrogen-bond donors (Lipinski definition) is 2. The lowest BCUT2D eigenvalue weighted by atomic mass is 9.82. The van der Waals surface area contributed by atoms with Gasteiger partial charge in [0.05, 0.1) is 6.04 Å². The molecule has 2 N–H and O–H groups in total. The van der Waals surface area contributed by atoms with Gasteiger partial charge >= 0.3 is 0 Å². The van der Waals surface area contributed by atoms with E-state index in [1.165, 1.54) is 5.56 Å². The SMILES string of the molecule is Cc1cccc(NC(=O)C(C)N2CCCC(C)(CO)C2)c1C. The molecule has 0 bridgehead atoms. The molecule has 1 heterocycles. The highest BCUT2D eigenvalue weighted by Gasteiger charge is 2.34. The number of aliphatic hydroxyl groups is 1. The zero-order chi connectivity index (χ0) is 16.3. The van der Waals surface area contributed by atoms with E-state index < -0.39 is 0 Å². The van der Waals surface area contributed by atoms with Gasteiger partial charge in [-0.1, -0.05) is 19.1 Å². The highest BCUT2D eigenvalue weighted by atomic mass is 16.3. The zero-order valence-electron chi connectivity index (χ0n) is 14.1. The first kappa shape index (κ1) is 17.0. The van der Waals surface area contributed by atoms with Gasteiger partial charge < -0.3 is 10.4 Å². The number of rotatable bonds is 4. The van der Waals surface area contributed by atoms with Gasteiger partial charge in [0.2, 0.25) is 5.91 Å². The molecule has 1 saturated heterocycles. The van der Waals surface area contributed by atoms with E-state index in [0.717, 1.165) is 37.2 Å². The summed E-state index contributed by atoms with van der Waals surface area (Å²) < 4.78 is 0. The Bertz CT molecular complexity index is 544. The van der Waals surface area contributed by atoms with Gasteiger partial charge in [-0.15, -0.1) is 0 Å². The van der Waals surface area contributed by atoms with Crippen molar-refractivity contribution in [3.63, 3.8) is 0 Å². The van der Waals surface area contributed by atoms with E-state index in [9.17, 15) is 9.90 Å². The van der Waals surface area contributed by atoms with Crippen LogP contribution in [-0.2, 0) is 4.79 Å². The maximum Gasteiger partial charge on any atom is 0.241 e. The molecule has 1 aromatic rings. The van der Waals surface area contributed by atoms with Crippen molar-refractivity contribution in [2.45, 2.75) is 46.6 Å². The third kappa shape index (κ3) is 3.68. The van der Waals surface area contributed by atoms with E-state index in [2.05, 4.69) is 17.1 Å². The maximum absolute atomic E-state index is 12.6. The largest absolute Gasteiger partial charge is 0.396 e. The van der Waals surface area contributed by atoms with E-state index in [0.29, 0.717) is 0 Å². The van der Waals surface area contributed by atoms with Crippen molar-refractivity contribution in [3.8, 4) is 0 Å². The molecule has 4 nitrogen and oxygen atoms in total. The molecular formula is C18H28N2O2. The van der Waals surface area contributed by atoms with Gasteiger partial charge in [-0.2, -0.15) is 0 Å². The molecule has 2 rings (SSSR count). The molecule has 4 heteroatoms. The lowest BCUT2D eigenvalue weighted by Crippen LogP contribution is -2.51. The van der Waals surface area contributed by atoms with Crippen LogP contribution in [0.15, 0.2) is 18.2 Å². The van der Waals surface area contributed by atoms with Crippen molar-refractivity contribution >= 4 is 11.6 Å². The van der Waals surface area contributed by atoms with Crippen molar-refractivity contribution < 1.29 is 9.90 Å². The predicted octanol–water partition coefficient (Wildman–Crippen LogP) is 2.72. The molecule has 2 atom stereocenters. The summed E-state index contributed by atoms with van der Waals surface area (Å²) in [5.74, 6) is 0.0240. The average molecular weight is 304 g/mol. The highest BCUT2D eigenvalue weighted by Crippen LogP contribution is 2.30. The number of amides is 1. The van der Waals surface area contributed by atoms with Crippen LogP contribution in [-0.4, -0.2) is 41.7 Å². The van der Waals surface area contributed by atoms with Gasteiger partial charge in [-0.25, -0.2) is 0 Å². The molecule has 1 aliphatic rings. The molecule has 0 saturated carbocycles. The first-order chi connectivity index (χ1) is 10.4. The van der Waals surface area contributed by atoms with Crippen LogP contribution in [0.25, 0.3) is 0 Å². The number of nitrogens with one attached hydrogen (secondary N) is 1. The van der Waals surface area contributed by atoms with E-state index >= 15 is 0 Å². The number of piperidine rings is 1. The number of aliphatic hydroxyl groups excluding tert-OH is 1. The number of carbonyl (C=O) groups excluding carboxylic acids is 1. The molecule has 2 unspecified atom stereocenters. The zero-order valence-corrected chi connectivity index (χ0v) is 14.1. The minimum atomic E-state index is -0.189. The second kappa shape index (κ2) is 6.80. The van der Waals surface area contributed by atoms with Crippen LogP contribution in [0.5, 0.6) is 0 Å². The third-order valence-corrected chi connectivity index (χ3v) is 4.98. The van der Waals surface area contributed by atoms with E-state index in [4.69, 9.17) is 0 Å². The molecule has 1 fully saturated rings. The van der Waals surface area contributed by atoms with Gasteiger partial charge in [0.1, 0.15) is 0 Å². The Hall–Kier alpha value is -1.39. The number of likely N-dealkylation sites (tertiary alicyclic amines) is 1. The second-order valence-electron chi connectivity index (χ2n) is 6.96. The molecule has 122 valence electrons. The Morgan fingerprint density at radius 1 is 1.45 bits per heavy atom. The van der Waals surface area contributed by atoms with Gasteiger partial charge in [0.15, 0.2) is 0 Å². The van der Waals surface area contributed by atoms with Crippen molar-refractivity contribution in [1.82, 2.24) is 4.90 Å². The highest BCUT2D eigenvalue weighted by molar-refractivity contribution is 5.95. The number of carbonyl (C=O) groups is 1. The normalized spacial score (nSPS) is 24.0. The van der Waals surface area contributed by atoms with Gasteiger partial charge in [-0.3, -0.25) is 9.69 Å². The van der Waals surface area contributed by atoms with E-state index in [1.807, 2.05) is 39.0 Å². The quantitative estimate of drug-likeness (QED) is 0.899. The number of nitrogens with zero attached hydrogens (tertiary/aromatic N) is 1. The fourth-order valence-electron chi connectivity index (χ4n) is 3.11. The average Bonchev–Trinajstić information content (AvgIpc) is 2.51. The molecule has 1 amide bonds. The topological polar surface area (TPSA) is 52.6 Å². The second-order valence-corrected chi connectivity index (χ2v) is 6.96. The molecule has 0 aromatic heterocycles. The number of anilines is 1. The van der Waals surface area contributed by atoms with Crippen molar-refractivity contribution in [3.05, 3.63) is 29.3 Å². The first-order valence-corrected chi connectivity index (χ1v) is 8.08. The lowest BCUT2D eigenvalue weighted by molar-refractivity contribution is -0.122. The summed E-state index contributed by atoms with van der Waals surface area (Å²) in [4.78, 5) is 14.7. The monoisotopic (exact) mass is 304 g/mol. The summed E-state index contributed by atoms with van der Waals surface area (Å²) >= 11 is 0. The maximum atomic E-state index is 12.6. The van der Waals surface area contributed by atoms with Crippen LogP contribution < -0.4 is 5.32 Å². The van der Waals surface area contributed by atoms with Gasteiger partial charge in [0, 0.05) is 24.3 Å². The summed E-state index contributed by atoms with van der Waals surface area (Å²) in [6, 6.07) is 5.77. The number of aryl methyl sites for hydroxylation is 1. The summed E-state index contributed by atoms with van der Waals surface area (Å²) in [5.41, 5.74) is 3.09. The van der Waals surface area contributed by atoms with Crippen LogP contribution in [0.4, 0.5) is 5.69 Å². The Kier molecular flexibility index (Phi) is 5.24.